The van der Waals surface area contributed by atoms with Crippen LogP contribution in [-0.2, 0) is 36.8 Å². The van der Waals surface area contributed by atoms with Gasteiger partial charge in [0.05, 0.1) is 55.5 Å². The zero-order valence-electron chi connectivity index (χ0n) is 25.0. The van der Waals surface area contributed by atoms with Crippen LogP contribution in [0.5, 0.6) is 5.75 Å². The van der Waals surface area contributed by atoms with Crippen LogP contribution in [-0.4, -0.2) is 43.8 Å². The highest BCUT2D eigenvalue weighted by Crippen LogP contribution is 2.40. The van der Waals surface area contributed by atoms with Gasteiger partial charge in [0.25, 0.3) is 5.69 Å². The molecule has 0 fully saturated rings. The maximum absolute atomic E-state index is 13.4. The largest absolute Gasteiger partial charge is 0.494 e. The van der Waals surface area contributed by atoms with E-state index in [9.17, 15) is 19.7 Å². The standard InChI is InChI=1S/C34H36N2O8/c1-23-30(33(37)41-3)32(27-11-7-12-28(21-27)36(39)40)31(24(2)35-23)34(38)44-20-17-25-13-15-29(16-14-25)43-19-8-18-42-22-26-9-5-4-6-10-26/h4-7,9-16,21,32,35H,8,17-20,22H2,1-3H3. The quantitative estimate of drug-likeness (QED) is 0.106. The van der Waals surface area contributed by atoms with Crippen molar-refractivity contribution in [3.63, 3.8) is 0 Å². The first-order valence-electron chi connectivity index (χ1n) is 14.3. The van der Waals surface area contributed by atoms with Gasteiger partial charge in [-0.3, -0.25) is 10.1 Å². The summed E-state index contributed by atoms with van der Waals surface area (Å²) in [6.07, 6.45) is 1.22. The number of benzene rings is 3. The molecule has 10 nitrogen and oxygen atoms in total. The fraction of sp³-hybridized carbons (Fsp3) is 0.294. The number of rotatable bonds is 14. The molecule has 1 aliphatic heterocycles. The smallest absolute Gasteiger partial charge is 0.336 e. The molecule has 10 heteroatoms. The maximum atomic E-state index is 13.4. The van der Waals surface area contributed by atoms with Crippen LogP contribution < -0.4 is 10.1 Å². The number of ether oxygens (including phenoxy) is 4. The summed E-state index contributed by atoms with van der Waals surface area (Å²) >= 11 is 0. The Kier molecular flexibility index (Phi) is 11.3. The van der Waals surface area contributed by atoms with Crippen molar-refractivity contribution in [2.24, 2.45) is 0 Å². The Balaban J connectivity index is 1.33. The van der Waals surface area contributed by atoms with Gasteiger partial charge in [-0.2, -0.15) is 0 Å². The third kappa shape index (κ3) is 8.32. The second-order valence-corrected chi connectivity index (χ2v) is 10.2. The fourth-order valence-corrected chi connectivity index (χ4v) is 5.00. The molecule has 1 aliphatic rings. The molecule has 3 aromatic carbocycles. The number of carbonyl (C=O) groups is 2. The minimum atomic E-state index is -0.906. The number of nitrogens with one attached hydrogen (secondary N) is 1. The Bertz CT molecular complexity index is 1530. The number of non-ortho nitro benzene ring substituents is 1. The van der Waals surface area contributed by atoms with Crippen LogP contribution in [0.2, 0.25) is 0 Å². The van der Waals surface area contributed by atoms with Crippen molar-refractivity contribution in [2.45, 2.75) is 39.2 Å². The van der Waals surface area contributed by atoms with Crippen molar-refractivity contribution in [1.82, 2.24) is 5.32 Å². The first-order valence-corrected chi connectivity index (χ1v) is 14.3. The molecule has 4 rings (SSSR count). The van der Waals surface area contributed by atoms with Crippen LogP contribution in [0.25, 0.3) is 0 Å². The van der Waals surface area contributed by atoms with Gasteiger partial charge < -0.3 is 24.3 Å². The first kappa shape index (κ1) is 32.0. The van der Waals surface area contributed by atoms with E-state index in [1.165, 1.54) is 25.3 Å². The van der Waals surface area contributed by atoms with Gasteiger partial charge in [-0.15, -0.1) is 0 Å². The van der Waals surface area contributed by atoms with Gasteiger partial charge in [0.2, 0.25) is 0 Å². The number of methoxy groups -OCH3 is 1. The highest BCUT2D eigenvalue weighted by atomic mass is 16.6. The Morgan fingerprint density at radius 2 is 1.55 bits per heavy atom. The summed E-state index contributed by atoms with van der Waals surface area (Å²) in [5.74, 6) is -1.45. The monoisotopic (exact) mass is 600 g/mol. The summed E-state index contributed by atoms with van der Waals surface area (Å²) in [4.78, 5) is 37.2. The molecule has 0 bridgehead atoms. The van der Waals surface area contributed by atoms with E-state index >= 15 is 0 Å². The van der Waals surface area contributed by atoms with E-state index in [4.69, 9.17) is 18.9 Å². The van der Waals surface area contributed by atoms with Crippen molar-refractivity contribution in [3.8, 4) is 5.75 Å². The lowest BCUT2D eigenvalue weighted by Crippen LogP contribution is -2.32. The molecular weight excluding hydrogens is 564 g/mol. The van der Waals surface area contributed by atoms with E-state index in [0.717, 1.165) is 23.3 Å². The number of allylic oxidation sites excluding steroid dienone is 2. The Labute approximate surface area is 256 Å². The molecule has 0 spiro atoms. The topological polar surface area (TPSA) is 126 Å². The molecule has 0 saturated heterocycles. The molecule has 1 heterocycles. The molecule has 0 radical (unpaired) electrons. The van der Waals surface area contributed by atoms with E-state index in [0.29, 0.717) is 43.2 Å². The number of dihydropyridines is 1. The number of nitro benzene ring substituents is 1. The van der Waals surface area contributed by atoms with E-state index in [1.807, 2.05) is 54.6 Å². The summed E-state index contributed by atoms with van der Waals surface area (Å²) in [5, 5.41) is 14.5. The van der Waals surface area contributed by atoms with Crippen molar-refractivity contribution < 1.29 is 33.5 Å². The highest BCUT2D eigenvalue weighted by Gasteiger charge is 2.38. The molecule has 1 N–H and O–H groups in total. The maximum Gasteiger partial charge on any atom is 0.336 e. The average molecular weight is 601 g/mol. The highest BCUT2D eigenvalue weighted by molar-refractivity contribution is 5.99. The van der Waals surface area contributed by atoms with E-state index in [2.05, 4.69) is 5.32 Å². The first-order chi connectivity index (χ1) is 21.3. The minimum absolute atomic E-state index is 0.0898. The van der Waals surface area contributed by atoms with Crippen LogP contribution in [0.15, 0.2) is 101 Å². The van der Waals surface area contributed by atoms with Gasteiger partial charge in [-0.1, -0.05) is 54.6 Å². The van der Waals surface area contributed by atoms with E-state index in [-0.39, 0.29) is 23.4 Å². The van der Waals surface area contributed by atoms with Crippen LogP contribution in [0, 0.1) is 10.1 Å². The molecular formula is C34H36N2O8. The Morgan fingerprint density at radius 1 is 0.841 bits per heavy atom. The van der Waals surface area contributed by atoms with Gasteiger partial charge in [0.1, 0.15) is 5.75 Å². The van der Waals surface area contributed by atoms with Gasteiger partial charge in [0, 0.05) is 36.4 Å². The fourth-order valence-electron chi connectivity index (χ4n) is 5.00. The second-order valence-electron chi connectivity index (χ2n) is 10.2. The van der Waals surface area contributed by atoms with Gasteiger partial charge in [-0.25, -0.2) is 9.59 Å². The van der Waals surface area contributed by atoms with E-state index in [1.54, 1.807) is 19.9 Å². The molecule has 230 valence electrons. The molecule has 0 amide bonds. The minimum Gasteiger partial charge on any atom is -0.494 e. The predicted molar refractivity (Wildman–Crippen MR) is 164 cm³/mol. The number of hydrogen-bond acceptors (Lipinski definition) is 9. The third-order valence-corrected chi connectivity index (χ3v) is 7.16. The van der Waals surface area contributed by atoms with Crippen LogP contribution in [0.1, 0.15) is 42.9 Å². The van der Waals surface area contributed by atoms with E-state index < -0.39 is 22.8 Å². The summed E-state index contributed by atoms with van der Waals surface area (Å²) in [6, 6.07) is 23.4. The zero-order valence-corrected chi connectivity index (χ0v) is 25.0. The molecule has 3 aromatic rings. The van der Waals surface area contributed by atoms with Crippen molar-refractivity contribution in [2.75, 3.05) is 26.9 Å². The van der Waals surface area contributed by atoms with Gasteiger partial charge in [-0.05, 0) is 42.7 Å². The van der Waals surface area contributed by atoms with Crippen molar-refractivity contribution >= 4 is 17.6 Å². The number of esters is 2. The van der Waals surface area contributed by atoms with Gasteiger partial charge >= 0.3 is 11.9 Å². The van der Waals surface area contributed by atoms with Gasteiger partial charge in [0.15, 0.2) is 0 Å². The summed E-state index contributed by atoms with van der Waals surface area (Å²) in [7, 11) is 1.24. The molecule has 44 heavy (non-hydrogen) atoms. The lowest BCUT2D eigenvalue weighted by Gasteiger charge is -2.30. The number of nitrogens with zero attached hydrogens (tertiary/aromatic N) is 1. The Hall–Kier alpha value is -4.96. The number of hydrogen-bond donors (Lipinski definition) is 1. The molecule has 0 aromatic heterocycles. The SMILES string of the molecule is COC(=O)C1=C(C)NC(C)=C(C(=O)OCCc2ccc(OCCCOCc3ccccc3)cc2)C1c1cccc([N+](=O)[O-])c1. The van der Waals surface area contributed by atoms with Crippen LogP contribution >= 0.6 is 0 Å². The number of nitro groups is 1. The Morgan fingerprint density at radius 3 is 2.23 bits per heavy atom. The third-order valence-electron chi connectivity index (χ3n) is 7.16. The summed E-state index contributed by atoms with van der Waals surface area (Å²) < 4.78 is 22.1. The average Bonchev–Trinajstić information content (AvgIpc) is 3.03. The van der Waals surface area contributed by atoms with Crippen LogP contribution in [0.3, 0.4) is 0 Å². The molecule has 0 saturated carbocycles. The van der Waals surface area contributed by atoms with Crippen LogP contribution in [0.4, 0.5) is 5.69 Å². The zero-order chi connectivity index (χ0) is 31.5. The predicted octanol–water partition coefficient (Wildman–Crippen LogP) is 5.77. The van der Waals surface area contributed by atoms with Crippen molar-refractivity contribution in [1.29, 1.82) is 0 Å². The summed E-state index contributed by atoms with van der Waals surface area (Å²) in [5.41, 5.74) is 3.69. The summed E-state index contributed by atoms with van der Waals surface area (Å²) in [6.45, 7) is 5.18. The second kappa shape index (κ2) is 15.5. The molecule has 0 aliphatic carbocycles. The normalized spacial score (nSPS) is 14.6. The molecule has 1 atom stereocenters. The van der Waals surface area contributed by atoms with Crippen molar-refractivity contribution in [3.05, 3.63) is 128 Å². The lowest BCUT2D eigenvalue weighted by atomic mass is 9.80. The lowest BCUT2D eigenvalue weighted by molar-refractivity contribution is -0.384. The molecule has 1 unspecified atom stereocenters. The number of carbonyl (C=O) groups excluding carboxylic acids is 2.